The topological polar surface area (TPSA) is 94.9 Å². The van der Waals surface area contributed by atoms with E-state index in [0.717, 1.165) is 23.7 Å². The summed E-state index contributed by atoms with van der Waals surface area (Å²) in [5.74, 6) is 0.144. The van der Waals surface area contributed by atoms with E-state index in [1.54, 1.807) is 12.3 Å². The number of nitrogen functional groups attached to an aromatic ring is 1. The molecule has 0 aliphatic carbocycles. The number of nitrogens with two attached hydrogens (primary N) is 1. The molecule has 142 valence electrons. The molecule has 2 aromatic heterocycles. The predicted octanol–water partition coefficient (Wildman–Crippen LogP) is 2.61. The van der Waals surface area contributed by atoms with Crippen LogP contribution in [-0.2, 0) is 13.1 Å². The van der Waals surface area contributed by atoms with E-state index in [9.17, 15) is 9.59 Å². The zero-order valence-electron chi connectivity index (χ0n) is 15.4. The Bertz CT molecular complexity index is 1040. The first-order valence-electron chi connectivity index (χ1n) is 8.93. The first-order chi connectivity index (χ1) is 13.1. The maximum Gasteiger partial charge on any atom is 0.332 e. The summed E-state index contributed by atoms with van der Waals surface area (Å²) >= 11 is 1.42. The number of hydrogen-bond donors (Lipinski definition) is 2. The Labute approximate surface area is 161 Å². The molecule has 0 amide bonds. The molecule has 0 saturated heterocycles. The summed E-state index contributed by atoms with van der Waals surface area (Å²) in [7, 11) is 0. The Morgan fingerprint density at radius 2 is 1.89 bits per heavy atom. The Hall–Kier alpha value is -2.87. The van der Waals surface area contributed by atoms with Gasteiger partial charge in [-0.05, 0) is 18.9 Å². The molecule has 0 spiro atoms. The molecule has 2 heterocycles. The van der Waals surface area contributed by atoms with Crippen molar-refractivity contribution >= 4 is 22.3 Å². The predicted molar refractivity (Wildman–Crippen MR) is 110 cm³/mol. The SMILES string of the molecule is CCCNc1nc(-c2c(N)n(Cc3ccccc3)c(=O)n(CC)c2=O)cs1. The van der Waals surface area contributed by atoms with Crippen molar-refractivity contribution in [3.8, 4) is 11.3 Å². The number of hydrogen-bond acceptors (Lipinski definition) is 6. The Balaban J connectivity index is 2.13. The molecule has 27 heavy (non-hydrogen) atoms. The molecule has 3 rings (SSSR count). The highest BCUT2D eigenvalue weighted by molar-refractivity contribution is 7.14. The molecule has 7 nitrogen and oxygen atoms in total. The van der Waals surface area contributed by atoms with Gasteiger partial charge in [0.2, 0.25) is 0 Å². The van der Waals surface area contributed by atoms with Crippen LogP contribution in [-0.4, -0.2) is 20.7 Å². The lowest BCUT2D eigenvalue weighted by atomic mass is 10.2. The van der Waals surface area contributed by atoms with Gasteiger partial charge in [-0.25, -0.2) is 9.78 Å². The monoisotopic (exact) mass is 385 g/mol. The van der Waals surface area contributed by atoms with E-state index in [1.165, 1.54) is 20.5 Å². The second-order valence-electron chi connectivity index (χ2n) is 6.13. The van der Waals surface area contributed by atoms with E-state index in [1.807, 2.05) is 30.3 Å². The van der Waals surface area contributed by atoms with Crippen LogP contribution in [0.25, 0.3) is 11.3 Å². The van der Waals surface area contributed by atoms with Crippen molar-refractivity contribution in [2.75, 3.05) is 17.6 Å². The van der Waals surface area contributed by atoms with E-state index in [2.05, 4.69) is 17.2 Å². The van der Waals surface area contributed by atoms with Crippen LogP contribution in [0.2, 0.25) is 0 Å². The molecule has 0 aliphatic heterocycles. The minimum Gasteiger partial charge on any atom is -0.384 e. The lowest BCUT2D eigenvalue weighted by Crippen LogP contribution is -2.41. The van der Waals surface area contributed by atoms with Gasteiger partial charge in [0.25, 0.3) is 5.56 Å². The number of nitrogens with one attached hydrogen (secondary N) is 1. The molecular formula is C19H23N5O2S. The van der Waals surface area contributed by atoms with Crippen LogP contribution in [0.3, 0.4) is 0 Å². The maximum atomic E-state index is 12.9. The first-order valence-corrected chi connectivity index (χ1v) is 9.81. The van der Waals surface area contributed by atoms with Crippen LogP contribution in [0.5, 0.6) is 0 Å². The van der Waals surface area contributed by atoms with Gasteiger partial charge in [-0.1, -0.05) is 37.3 Å². The molecular weight excluding hydrogens is 362 g/mol. The normalized spacial score (nSPS) is 10.9. The van der Waals surface area contributed by atoms with Gasteiger partial charge in [-0.15, -0.1) is 11.3 Å². The molecule has 0 aliphatic rings. The fourth-order valence-corrected chi connectivity index (χ4v) is 3.59. The minimum atomic E-state index is -0.410. The quantitative estimate of drug-likeness (QED) is 0.652. The van der Waals surface area contributed by atoms with Crippen molar-refractivity contribution in [1.29, 1.82) is 0 Å². The van der Waals surface area contributed by atoms with Crippen molar-refractivity contribution in [1.82, 2.24) is 14.1 Å². The molecule has 0 unspecified atom stereocenters. The molecule has 3 aromatic rings. The van der Waals surface area contributed by atoms with Gasteiger partial charge in [-0.3, -0.25) is 13.9 Å². The molecule has 1 aromatic carbocycles. The van der Waals surface area contributed by atoms with E-state index >= 15 is 0 Å². The summed E-state index contributed by atoms with van der Waals surface area (Å²) in [5.41, 5.74) is 7.17. The van der Waals surface area contributed by atoms with Crippen LogP contribution in [0.1, 0.15) is 25.8 Å². The number of rotatable bonds is 7. The van der Waals surface area contributed by atoms with Gasteiger partial charge in [-0.2, -0.15) is 0 Å². The summed E-state index contributed by atoms with van der Waals surface area (Å²) in [6, 6.07) is 9.55. The van der Waals surface area contributed by atoms with Crippen LogP contribution in [0.4, 0.5) is 10.9 Å². The summed E-state index contributed by atoms with van der Waals surface area (Å²) in [6.07, 6.45) is 0.974. The van der Waals surface area contributed by atoms with Crippen LogP contribution in [0.15, 0.2) is 45.3 Å². The highest BCUT2D eigenvalue weighted by Crippen LogP contribution is 2.26. The average molecular weight is 385 g/mol. The van der Waals surface area contributed by atoms with Gasteiger partial charge < -0.3 is 11.1 Å². The number of thiazole rings is 1. The van der Waals surface area contributed by atoms with Crippen molar-refractivity contribution in [2.24, 2.45) is 0 Å². The zero-order valence-corrected chi connectivity index (χ0v) is 16.3. The van der Waals surface area contributed by atoms with Crippen molar-refractivity contribution in [3.63, 3.8) is 0 Å². The van der Waals surface area contributed by atoms with E-state index in [4.69, 9.17) is 5.73 Å². The minimum absolute atomic E-state index is 0.144. The zero-order chi connectivity index (χ0) is 19.4. The lowest BCUT2D eigenvalue weighted by Gasteiger charge is -2.15. The van der Waals surface area contributed by atoms with Crippen molar-refractivity contribution in [2.45, 2.75) is 33.4 Å². The number of aromatic nitrogens is 3. The summed E-state index contributed by atoms with van der Waals surface area (Å²) in [5, 5.41) is 5.73. The average Bonchev–Trinajstić information content (AvgIpc) is 3.13. The molecule has 3 N–H and O–H groups in total. The first kappa shape index (κ1) is 18.9. The van der Waals surface area contributed by atoms with Crippen molar-refractivity contribution < 1.29 is 0 Å². The number of benzene rings is 1. The van der Waals surface area contributed by atoms with Crippen LogP contribution in [0, 0.1) is 0 Å². The van der Waals surface area contributed by atoms with Gasteiger partial charge in [0.1, 0.15) is 11.4 Å². The number of anilines is 2. The summed E-state index contributed by atoms with van der Waals surface area (Å²) in [4.78, 5) is 30.2. The summed E-state index contributed by atoms with van der Waals surface area (Å²) < 4.78 is 2.64. The van der Waals surface area contributed by atoms with Crippen LogP contribution < -0.4 is 22.3 Å². The Kier molecular flexibility index (Phi) is 5.75. The highest BCUT2D eigenvalue weighted by atomic mass is 32.1. The summed E-state index contributed by atoms with van der Waals surface area (Å²) in [6.45, 7) is 5.20. The van der Waals surface area contributed by atoms with E-state index in [0.29, 0.717) is 12.2 Å². The van der Waals surface area contributed by atoms with Gasteiger partial charge in [0.15, 0.2) is 5.13 Å². The number of nitrogens with zero attached hydrogens (tertiary/aromatic N) is 3. The van der Waals surface area contributed by atoms with Crippen molar-refractivity contribution in [3.05, 3.63) is 62.1 Å². The maximum absolute atomic E-state index is 12.9. The van der Waals surface area contributed by atoms with E-state index in [-0.39, 0.29) is 17.9 Å². The molecule has 0 fully saturated rings. The second-order valence-corrected chi connectivity index (χ2v) is 6.99. The Morgan fingerprint density at radius 3 is 2.56 bits per heavy atom. The largest absolute Gasteiger partial charge is 0.384 e. The molecule has 0 bridgehead atoms. The van der Waals surface area contributed by atoms with Gasteiger partial charge in [0, 0.05) is 18.5 Å². The molecule has 0 radical (unpaired) electrons. The fraction of sp³-hybridized carbons (Fsp3) is 0.316. The molecule has 0 saturated carbocycles. The smallest absolute Gasteiger partial charge is 0.332 e. The second kappa shape index (κ2) is 8.22. The third-order valence-corrected chi connectivity index (χ3v) is 5.05. The third kappa shape index (κ3) is 3.80. The lowest BCUT2D eigenvalue weighted by molar-refractivity contribution is 0.606. The highest BCUT2D eigenvalue weighted by Gasteiger charge is 2.20. The molecule has 8 heteroatoms. The standard InChI is InChI=1S/C19H23N5O2S/c1-3-10-21-18-22-14(12-27-18)15-16(20)24(11-13-8-6-5-7-9-13)19(26)23(4-2)17(15)25/h5-9,12H,3-4,10-11,20H2,1-2H3,(H,21,22). The Morgan fingerprint density at radius 1 is 1.15 bits per heavy atom. The van der Waals surface area contributed by atoms with Crippen LogP contribution >= 0.6 is 11.3 Å². The fourth-order valence-electron chi connectivity index (χ4n) is 2.86. The van der Waals surface area contributed by atoms with Gasteiger partial charge in [0.05, 0.1) is 12.2 Å². The molecule has 0 atom stereocenters. The van der Waals surface area contributed by atoms with Gasteiger partial charge >= 0.3 is 5.69 Å². The van der Waals surface area contributed by atoms with E-state index < -0.39 is 11.2 Å². The third-order valence-electron chi connectivity index (χ3n) is 4.25.